The third-order valence-corrected chi connectivity index (χ3v) is 8.61. The van der Waals surface area contributed by atoms with Crippen molar-refractivity contribution >= 4 is 46.2 Å². The van der Waals surface area contributed by atoms with E-state index >= 15 is 0 Å². The minimum absolute atomic E-state index is 0.170. The lowest BCUT2D eigenvalue weighted by atomic mass is 10.1. The van der Waals surface area contributed by atoms with Crippen molar-refractivity contribution in [2.75, 3.05) is 0 Å². The molecule has 0 spiro atoms. The molecule has 2 atom stereocenters. The van der Waals surface area contributed by atoms with E-state index in [0.29, 0.717) is 10.0 Å². The largest absolute Gasteiger partial charge is 0.335 e. The zero-order valence-corrected chi connectivity index (χ0v) is 21.6. The third kappa shape index (κ3) is 6.50. The molecule has 180 valence electrons. The summed E-state index contributed by atoms with van der Waals surface area (Å²) in [6.45, 7) is 3.73. The predicted octanol–water partition coefficient (Wildman–Crippen LogP) is 3.89. The van der Waals surface area contributed by atoms with Crippen LogP contribution in [0.2, 0.25) is 0 Å². The normalized spacial score (nSPS) is 14.5. The van der Waals surface area contributed by atoms with Crippen molar-refractivity contribution < 1.29 is 9.59 Å². The fourth-order valence-corrected chi connectivity index (χ4v) is 6.67. The number of thioether (sulfide) groups is 1. The SMILES string of the molecule is CC(NC(=O)Cc1ccccc1)(SC(C)(NC(=O)Cc1ccccc1)c1nncs1)c1nncs1. The van der Waals surface area contributed by atoms with Crippen molar-refractivity contribution in [1.29, 1.82) is 0 Å². The molecule has 0 saturated heterocycles. The zero-order valence-electron chi connectivity index (χ0n) is 19.2. The van der Waals surface area contributed by atoms with Gasteiger partial charge in [-0.3, -0.25) is 9.59 Å². The van der Waals surface area contributed by atoms with Crippen molar-refractivity contribution in [1.82, 2.24) is 31.0 Å². The van der Waals surface area contributed by atoms with Gasteiger partial charge in [-0.1, -0.05) is 72.4 Å². The Bertz CT molecular complexity index is 1140. The second kappa shape index (κ2) is 11.1. The number of amides is 2. The van der Waals surface area contributed by atoms with Gasteiger partial charge in [0.15, 0.2) is 10.0 Å². The molecule has 0 aliphatic rings. The van der Waals surface area contributed by atoms with Crippen molar-refractivity contribution in [3.63, 3.8) is 0 Å². The maximum atomic E-state index is 13.1. The highest BCUT2D eigenvalue weighted by molar-refractivity contribution is 8.01. The first-order chi connectivity index (χ1) is 16.9. The number of rotatable bonds is 10. The molecule has 0 bridgehead atoms. The molecule has 8 nitrogen and oxygen atoms in total. The van der Waals surface area contributed by atoms with Crippen molar-refractivity contribution in [2.24, 2.45) is 0 Å². The summed E-state index contributed by atoms with van der Waals surface area (Å²) in [5, 5.41) is 23.9. The van der Waals surface area contributed by atoms with Crippen molar-refractivity contribution in [3.05, 3.63) is 92.8 Å². The number of hydrogen-bond donors (Lipinski definition) is 2. The number of aromatic nitrogens is 4. The molecule has 0 saturated carbocycles. The fraction of sp³-hybridized carbons (Fsp3) is 0.250. The van der Waals surface area contributed by atoms with Crippen LogP contribution >= 0.6 is 34.4 Å². The van der Waals surface area contributed by atoms with Gasteiger partial charge in [0.05, 0.1) is 12.8 Å². The molecule has 0 fully saturated rings. The van der Waals surface area contributed by atoms with Crippen LogP contribution in [0.15, 0.2) is 71.7 Å². The van der Waals surface area contributed by atoms with Gasteiger partial charge in [-0.05, 0) is 25.0 Å². The van der Waals surface area contributed by atoms with Crippen LogP contribution in [-0.2, 0) is 32.2 Å². The lowest BCUT2D eigenvalue weighted by Crippen LogP contribution is -2.49. The molecule has 2 unspecified atom stereocenters. The number of nitrogens with one attached hydrogen (secondary N) is 2. The first kappa shape index (κ1) is 25.0. The average Bonchev–Trinajstić information content (AvgIpc) is 3.55. The van der Waals surface area contributed by atoms with Gasteiger partial charge < -0.3 is 10.6 Å². The van der Waals surface area contributed by atoms with Gasteiger partial charge in [0.25, 0.3) is 0 Å². The lowest BCUT2D eigenvalue weighted by Gasteiger charge is -2.37. The maximum Gasteiger partial charge on any atom is 0.225 e. The topological polar surface area (TPSA) is 110 Å². The molecule has 0 aliphatic heterocycles. The highest BCUT2D eigenvalue weighted by Crippen LogP contribution is 2.47. The number of hydrogen-bond acceptors (Lipinski definition) is 9. The Labute approximate surface area is 215 Å². The molecule has 35 heavy (non-hydrogen) atoms. The Morgan fingerprint density at radius 3 is 1.49 bits per heavy atom. The highest BCUT2D eigenvalue weighted by atomic mass is 32.2. The van der Waals surface area contributed by atoms with Crippen LogP contribution in [0.5, 0.6) is 0 Å². The van der Waals surface area contributed by atoms with E-state index in [2.05, 4.69) is 31.0 Å². The lowest BCUT2D eigenvalue weighted by molar-refractivity contribution is -0.122. The molecular weight excluding hydrogens is 501 g/mol. The van der Waals surface area contributed by atoms with E-state index in [1.54, 1.807) is 11.0 Å². The Morgan fingerprint density at radius 1 is 0.743 bits per heavy atom. The second-order valence-corrected chi connectivity index (χ2v) is 11.6. The minimum Gasteiger partial charge on any atom is -0.335 e. The number of benzene rings is 2. The Hall–Kier alpha value is -3.15. The van der Waals surface area contributed by atoms with Gasteiger partial charge in [0.1, 0.15) is 20.8 Å². The van der Waals surface area contributed by atoms with Gasteiger partial charge >= 0.3 is 0 Å². The summed E-state index contributed by atoms with van der Waals surface area (Å²) >= 11 is 4.01. The van der Waals surface area contributed by atoms with Gasteiger partial charge in [-0.15, -0.1) is 43.1 Å². The summed E-state index contributed by atoms with van der Waals surface area (Å²) in [4.78, 5) is 24.2. The molecule has 2 aromatic carbocycles. The fourth-order valence-electron chi connectivity index (χ4n) is 3.60. The zero-order chi connectivity index (χ0) is 24.7. The van der Waals surface area contributed by atoms with Crippen LogP contribution in [0.25, 0.3) is 0 Å². The molecule has 2 N–H and O–H groups in total. The number of carbonyl (C=O) groups is 2. The monoisotopic (exact) mass is 524 g/mol. The standard InChI is InChI=1S/C24H24N6O2S3/c1-23(21-29-25-15-33-21,27-19(31)13-17-9-5-3-6-10-17)35-24(2,22-30-26-16-34-22)28-20(32)14-18-11-7-4-8-12-18/h3-12,15-16H,13-14H2,1-2H3,(H,27,31)(H,28,32). The highest BCUT2D eigenvalue weighted by Gasteiger charge is 2.44. The van der Waals surface area contributed by atoms with E-state index in [4.69, 9.17) is 0 Å². The molecular formula is C24H24N6O2S3. The molecule has 4 aromatic rings. The molecule has 2 amide bonds. The van der Waals surface area contributed by atoms with E-state index in [9.17, 15) is 9.59 Å². The van der Waals surface area contributed by atoms with Crippen LogP contribution < -0.4 is 10.6 Å². The molecule has 11 heteroatoms. The van der Waals surface area contributed by atoms with Crippen LogP contribution in [0.4, 0.5) is 0 Å². The van der Waals surface area contributed by atoms with E-state index in [1.165, 1.54) is 34.4 Å². The van der Waals surface area contributed by atoms with Gasteiger partial charge in [-0.2, -0.15) is 0 Å². The summed E-state index contributed by atoms with van der Waals surface area (Å²) in [7, 11) is 0. The van der Waals surface area contributed by atoms with E-state index in [1.807, 2.05) is 74.5 Å². The molecule has 0 aliphatic carbocycles. The maximum absolute atomic E-state index is 13.1. The van der Waals surface area contributed by atoms with E-state index < -0.39 is 9.74 Å². The van der Waals surface area contributed by atoms with Crippen molar-refractivity contribution in [3.8, 4) is 0 Å². The van der Waals surface area contributed by atoms with E-state index in [0.717, 1.165) is 11.1 Å². The molecule has 2 heterocycles. The molecule has 0 radical (unpaired) electrons. The second-order valence-electron chi connectivity index (χ2n) is 8.08. The van der Waals surface area contributed by atoms with Gasteiger partial charge in [-0.25, -0.2) is 0 Å². The Morgan fingerprint density at radius 2 is 1.14 bits per heavy atom. The summed E-state index contributed by atoms with van der Waals surface area (Å²) in [5.41, 5.74) is 5.04. The first-order valence-electron chi connectivity index (χ1n) is 10.8. The van der Waals surface area contributed by atoms with Crippen molar-refractivity contribution in [2.45, 2.75) is 36.4 Å². The van der Waals surface area contributed by atoms with Crippen LogP contribution in [0.1, 0.15) is 35.0 Å². The van der Waals surface area contributed by atoms with Crippen LogP contribution in [0, 0.1) is 0 Å². The summed E-state index contributed by atoms with van der Waals surface area (Å²) in [5.74, 6) is -0.340. The van der Waals surface area contributed by atoms with Crippen LogP contribution in [0.3, 0.4) is 0 Å². The summed E-state index contributed by atoms with van der Waals surface area (Å²) in [6.07, 6.45) is 0.428. The molecule has 4 rings (SSSR count). The summed E-state index contributed by atoms with van der Waals surface area (Å²) in [6, 6.07) is 19.0. The average molecular weight is 525 g/mol. The predicted molar refractivity (Wildman–Crippen MR) is 139 cm³/mol. The Balaban J connectivity index is 1.59. The van der Waals surface area contributed by atoms with E-state index in [-0.39, 0.29) is 24.7 Å². The quantitative estimate of drug-likeness (QED) is 0.303. The number of nitrogens with zero attached hydrogens (tertiary/aromatic N) is 4. The summed E-state index contributed by atoms with van der Waals surface area (Å²) < 4.78 is 0. The smallest absolute Gasteiger partial charge is 0.225 e. The third-order valence-electron chi connectivity index (χ3n) is 5.12. The number of carbonyl (C=O) groups excluding carboxylic acids is 2. The molecule has 2 aromatic heterocycles. The Kier molecular flexibility index (Phi) is 7.89. The minimum atomic E-state index is -0.993. The van der Waals surface area contributed by atoms with Gasteiger partial charge in [0.2, 0.25) is 11.8 Å². The first-order valence-corrected chi connectivity index (χ1v) is 13.4. The van der Waals surface area contributed by atoms with Crippen LogP contribution in [-0.4, -0.2) is 32.2 Å². The van der Waals surface area contributed by atoms with Gasteiger partial charge in [0, 0.05) is 0 Å².